The predicted octanol–water partition coefficient (Wildman–Crippen LogP) is 2.46. The molecule has 1 unspecified atom stereocenters. The van der Waals surface area contributed by atoms with Crippen LogP contribution in [0.2, 0.25) is 0 Å². The summed E-state index contributed by atoms with van der Waals surface area (Å²) in [5, 5.41) is 15.2. The van der Waals surface area contributed by atoms with Gasteiger partial charge in [0.2, 0.25) is 0 Å². The van der Waals surface area contributed by atoms with Crippen molar-refractivity contribution in [1.82, 2.24) is 10.6 Å². The van der Waals surface area contributed by atoms with Crippen LogP contribution in [-0.4, -0.2) is 41.9 Å². The van der Waals surface area contributed by atoms with E-state index in [-0.39, 0.29) is 5.91 Å². The Bertz CT molecular complexity index is 476. The van der Waals surface area contributed by atoms with Crippen LogP contribution in [0.15, 0.2) is 36.5 Å². The summed E-state index contributed by atoms with van der Waals surface area (Å²) >= 11 is 0. The predicted molar refractivity (Wildman–Crippen MR) is 95.6 cm³/mol. The largest absolute Gasteiger partial charge is 0.444 e. The van der Waals surface area contributed by atoms with E-state index in [1.54, 1.807) is 45.1 Å². The third kappa shape index (κ3) is 11.5. The highest BCUT2D eigenvalue weighted by atomic mass is 16.6. The molecule has 0 rings (SSSR count). The summed E-state index contributed by atoms with van der Waals surface area (Å²) in [7, 11) is 0. The number of alkyl carbamates (subject to hydrolysis) is 1. The molecule has 0 heterocycles. The molecule has 0 aromatic rings. The zero-order chi connectivity index (χ0) is 18.6. The fourth-order valence-electron chi connectivity index (χ4n) is 1.77. The number of hydrogen-bond donors (Lipinski definition) is 3. The molecular formula is C18H30N2O4. The van der Waals surface area contributed by atoms with Gasteiger partial charge in [0.15, 0.2) is 0 Å². The number of allylic oxidation sites excluding steroid dienone is 3. The van der Waals surface area contributed by atoms with Gasteiger partial charge in [-0.05, 0) is 40.5 Å². The van der Waals surface area contributed by atoms with Crippen molar-refractivity contribution in [3.63, 3.8) is 0 Å². The second-order valence-corrected chi connectivity index (χ2v) is 6.27. The molecule has 6 heteroatoms. The lowest BCUT2D eigenvalue weighted by atomic mass is 10.1. The molecule has 136 valence electrons. The molecule has 6 nitrogen and oxygen atoms in total. The van der Waals surface area contributed by atoms with Crippen LogP contribution in [0.3, 0.4) is 0 Å². The minimum Gasteiger partial charge on any atom is -0.444 e. The number of aliphatic hydroxyl groups excluding tert-OH is 1. The number of amides is 2. The molecule has 0 aliphatic heterocycles. The van der Waals surface area contributed by atoms with E-state index in [2.05, 4.69) is 17.2 Å². The number of hydrogen-bond acceptors (Lipinski definition) is 4. The molecule has 0 fully saturated rings. The molecule has 0 aromatic carbocycles. The van der Waals surface area contributed by atoms with Crippen molar-refractivity contribution in [1.29, 1.82) is 0 Å². The van der Waals surface area contributed by atoms with E-state index in [1.807, 2.05) is 6.92 Å². The maximum atomic E-state index is 11.9. The van der Waals surface area contributed by atoms with E-state index >= 15 is 0 Å². The van der Waals surface area contributed by atoms with Crippen molar-refractivity contribution in [3.8, 4) is 0 Å². The van der Waals surface area contributed by atoms with Gasteiger partial charge < -0.3 is 20.5 Å². The van der Waals surface area contributed by atoms with Crippen LogP contribution in [0.5, 0.6) is 0 Å². The molecule has 1 atom stereocenters. The number of ether oxygens (including phenoxy) is 1. The molecule has 0 saturated heterocycles. The first-order chi connectivity index (χ1) is 11.2. The van der Waals surface area contributed by atoms with Crippen molar-refractivity contribution in [2.75, 3.05) is 13.1 Å². The Morgan fingerprint density at radius 2 is 1.79 bits per heavy atom. The van der Waals surface area contributed by atoms with Crippen LogP contribution < -0.4 is 10.6 Å². The fraction of sp³-hybridized carbons (Fsp3) is 0.556. The van der Waals surface area contributed by atoms with E-state index in [0.29, 0.717) is 31.5 Å². The molecule has 2 amide bonds. The molecule has 0 bridgehead atoms. The highest BCUT2D eigenvalue weighted by Crippen LogP contribution is 2.06. The monoisotopic (exact) mass is 338 g/mol. The average molecular weight is 338 g/mol. The third-order valence-electron chi connectivity index (χ3n) is 2.81. The quantitative estimate of drug-likeness (QED) is 0.445. The molecule has 0 spiro atoms. The average Bonchev–Trinajstić information content (AvgIpc) is 2.45. The molecule has 24 heavy (non-hydrogen) atoms. The van der Waals surface area contributed by atoms with E-state index in [4.69, 9.17) is 4.74 Å². The van der Waals surface area contributed by atoms with Crippen LogP contribution >= 0.6 is 0 Å². The maximum Gasteiger partial charge on any atom is 0.407 e. The van der Waals surface area contributed by atoms with Gasteiger partial charge in [-0.15, -0.1) is 0 Å². The first-order valence-electron chi connectivity index (χ1n) is 8.08. The number of aliphatic hydroxyl groups is 1. The normalized spacial score (nSPS) is 13.5. The van der Waals surface area contributed by atoms with Gasteiger partial charge in [-0.3, -0.25) is 4.79 Å². The fourth-order valence-corrected chi connectivity index (χ4v) is 1.77. The van der Waals surface area contributed by atoms with Crippen molar-refractivity contribution < 1.29 is 19.4 Å². The van der Waals surface area contributed by atoms with Crippen LogP contribution in [0, 0.1) is 0 Å². The summed E-state index contributed by atoms with van der Waals surface area (Å²) in [5.74, 6) is -0.216. The first-order valence-corrected chi connectivity index (χ1v) is 8.08. The van der Waals surface area contributed by atoms with Gasteiger partial charge in [-0.2, -0.15) is 0 Å². The summed E-state index contributed by atoms with van der Waals surface area (Å²) in [6.07, 6.45) is 6.30. The summed E-state index contributed by atoms with van der Waals surface area (Å²) in [4.78, 5) is 23.4. The summed E-state index contributed by atoms with van der Waals surface area (Å²) in [6.45, 7) is 11.4. The Hall–Kier alpha value is -2.08. The minimum atomic E-state index is -0.617. The lowest BCUT2D eigenvalue weighted by molar-refractivity contribution is -0.117. The van der Waals surface area contributed by atoms with Crippen molar-refractivity contribution in [2.24, 2.45) is 0 Å². The van der Waals surface area contributed by atoms with Gasteiger partial charge in [-0.1, -0.05) is 30.9 Å². The van der Waals surface area contributed by atoms with E-state index in [9.17, 15) is 14.7 Å². The molecule has 0 aliphatic carbocycles. The van der Waals surface area contributed by atoms with Crippen LogP contribution in [-0.2, 0) is 9.53 Å². The number of nitrogens with one attached hydrogen (secondary N) is 2. The van der Waals surface area contributed by atoms with Crippen molar-refractivity contribution in [3.05, 3.63) is 36.5 Å². The zero-order valence-electron chi connectivity index (χ0n) is 15.1. The van der Waals surface area contributed by atoms with Gasteiger partial charge in [0.05, 0.1) is 6.10 Å². The van der Waals surface area contributed by atoms with Crippen molar-refractivity contribution in [2.45, 2.75) is 52.2 Å². The first kappa shape index (κ1) is 21.9. The molecule has 0 saturated carbocycles. The van der Waals surface area contributed by atoms with Crippen LogP contribution in [0.25, 0.3) is 0 Å². The van der Waals surface area contributed by atoms with E-state index in [1.165, 1.54) is 0 Å². The lowest BCUT2D eigenvalue weighted by Gasteiger charge is -2.20. The smallest absolute Gasteiger partial charge is 0.407 e. The van der Waals surface area contributed by atoms with Gasteiger partial charge in [0, 0.05) is 18.7 Å². The number of carbonyl (C=O) groups excluding carboxylic acids is 2. The van der Waals surface area contributed by atoms with E-state index < -0.39 is 17.8 Å². The Labute approximate surface area is 144 Å². The molecule has 0 radical (unpaired) electrons. The van der Waals surface area contributed by atoms with Gasteiger partial charge >= 0.3 is 6.09 Å². The lowest BCUT2D eigenvalue weighted by Crippen LogP contribution is -2.34. The molecular weight excluding hydrogens is 308 g/mol. The Balaban J connectivity index is 4.00. The maximum absolute atomic E-state index is 11.9. The highest BCUT2D eigenvalue weighted by molar-refractivity contribution is 5.96. The van der Waals surface area contributed by atoms with E-state index in [0.717, 1.165) is 0 Å². The Kier molecular flexibility index (Phi) is 10.5. The van der Waals surface area contributed by atoms with Crippen molar-refractivity contribution >= 4 is 12.0 Å². The van der Waals surface area contributed by atoms with Crippen LogP contribution in [0.4, 0.5) is 4.79 Å². The van der Waals surface area contributed by atoms with Gasteiger partial charge in [-0.25, -0.2) is 4.79 Å². The standard InChI is InChI=1S/C18H30N2O4/c1-6-8-14(9-7-2)16(22)19-12-10-15(21)11-13-20-17(23)24-18(3,4)5/h6-9,15,21H,1,10-13H2,2-5H3,(H,19,22)(H,20,23). The second kappa shape index (κ2) is 11.5. The molecule has 0 aromatic heterocycles. The summed E-state index contributed by atoms with van der Waals surface area (Å²) in [5.41, 5.74) is -0.0371. The molecule has 3 N–H and O–H groups in total. The summed E-state index contributed by atoms with van der Waals surface area (Å²) < 4.78 is 5.09. The Morgan fingerprint density at radius 1 is 1.21 bits per heavy atom. The topological polar surface area (TPSA) is 87.7 Å². The second-order valence-electron chi connectivity index (χ2n) is 6.27. The summed E-state index contributed by atoms with van der Waals surface area (Å²) in [6, 6.07) is 0. The SMILES string of the molecule is C=CC=C(C=CC)C(=O)NCCC(O)CCNC(=O)OC(C)(C)C. The third-order valence-corrected chi connectivity index (χ3v) is 2.81. The number of rotatable bonds is 9. The zero-order valence-corrected chi connectivity index (χ0v) is 15.1. The minimum absolute atomic E-state index is 0.216. The number of carbonyl (C=O) groups is 2. The Morgan fingerprint density at radius 3 is 2.29 bits per heavy atom. The van der Waals surface area contributed by atoms with Crippen LogP contribution in [0.1, 0.15) is 40.5 Å². The van der Waals surface area contributed by atoms with Gasteiger partial charge in [0.25, 0.3) is 5.91 Å². The molecule has 0 aliphatic rings. The van der Waals surface area contributed by atoms with Gasteiger partial charge in [0.1, 0.15) is 5.60 Å². The highest BCUT2D eigenvalue weighted by Gasteiger charge is 2.16.